The van der Waals surface area contributed by atoms with Crippen molar-refractivity contribution in [3.63, 3.8) is 0 Å². The minimum absolute atomic E-state index is 0.504. The molecule has 0 amide bonds. The van der Waals surface area contributed by atoms with Crippen LogP contribution in [0.15, 0.2) is 30.5 Å². The fraction of sp³-hybridized carbons (Fsp3) is 0.400. The highest BCUT2D eigenvalue weighted by Gasteiger charge is 2.18. The van der Waals surface area contributed by atoms with Crippen molar-refractivity contribution in [2.45, 2.75) is 13.0 Å². The predicted molar refractivity (Wildman–Crippen MR) is 78.0 cm³/mol. The van der Waals surface area contributed by atoms with Crippen LogP contribution < -0.4 is 15.0 Å². The van der Waals surface area contributed by atoms with E-state index >= 15 is 0 Å². The second kappa shape index (κ2) is 5.05. The van der Waals surface area contributed by atoms with Crippen LogP contribution in [0.25, 0.3) is 10.8 Å². The van der Waals surface area contributed by atoms with E-state index in [1.165, 1.54) is 10.8 Å². The standard InChI is InChI=1S/C15H19N3O/c1-11-10-18(8-7-16-11)15-14-4-3-13(19-2)9-12(14)5-6-17-15/h3-6,9,11,16H,7-8,10H2,1-2H3/t11-/m1/s1. The van der Waals surface area contributed by atoms with Crippen LogP contribution in [0, 0.1) is 0 Å². The molecule has 4 heteroatoms. The number of fused-ring (bicyclic) bond motifs is 1. The Morgan fingerprint density at radius 3 is 3.05 bits per heavy atom. The molecule has 1 aliphatic heterocycles. The number of ether oxygens (including phenoxy) is 1. The first kappa shape index (κ1) is 12.2. The highest BCUT2D eigenvalue weighted by atomic mass is 16.5. The highest BCUT2D eigenvalue weighted by Crippen LogP contribution is 2.28. The third-order valence-corrected chi connectivity index (χ3v) is 3.62. The van der Waals surface area contributed by atoms with Gasteiger partial charge in [-0.3, -0.25) is 0 Å². The van der Waals surface area contributed by atoms with E-state index in [0.29, 0.717) is 6.04 Å². The summed E-state index contributed by atoms with van der Waals surface area (Å²) in [6.45, 7) is 5.22. The van der Waals surface area contributed by atoms with Crippen LogP contribution in [-0.2, 0) is 0 Å². The summed E-state index contributed by atoms with van der Waals surface area (Å²) in [5.74, 6) is 1.96. The average molecular weight is 257 g/mol. The number of piperazine rings is 1. The lowest BCUT2D eigenvalue weighted by atomic mass is 10.1. The minimum atomic E-state index is 0.504. The van der Waals surface area contributed by atoms with Crippen LogP contribution in [-0.4, -0.2) is 37.8 Å². The molecular weight excluding hydrogens is 238 g/mol. The third kappa shape index (κ3) is 2.36. The summed E-state index contributed by atoms with van der Waals surface area (Å²) in [7, 11) is 1.70. The van der Waals surface area contributed by atoms with Crippen molar-refractivity contribution in [2.75, 3.05) is 31.6 Å². The predicted octanol–water partition coefficient (Wildman–Crippen LogP) is 2.04. The fourth-order valence-corrected chi connectivity index (χ4v) is 2.64. The molecule has 0 aliphatic carbocycles. The van der Waals surface area contributed by atoms with Crippen molar-refractivity contribution in [3.8, 4) is 5.75 Å². The van der Waals surface area contributed by atoms with E-state index in [-0.39, 0.29) is 0 Å². The van der Waals surface area contributed by atoms with Gasteiger partial charge >= 0.3 is 0 Å². The lowest BCUT2D eigenvalue weighted by Gasteiger charge is -2.33. The second-order valence-electron chi connectivity index (χ2n) is 5.02. The van der Waals surface area contributed by atoms with Gasteiger partial charge in [-0.25, -0.2) is 4.98 Å². The van der Waals surface area contributed by atoms with Crippen molar-refractivity contribution in [1.82, 2.24) is 10.3 Å². The van der Waals surface area contributed by atoms with E-state index in [1.54, 1.807) is 7.11 Å². The zero-order chi connectivity index (χ0) is 13.2. The molecule has 19 heavy (non-hydrogen) atoms. The number of benzene rings is 1. The molecule has 1 aromatic carbocycles. The molecule has 0 unspecified atom stereocenters. The van der Waals surface area contributed by atoms with Gasteiger partial charge in [0.25, 0.3) is 0 Å². The maximum absolute atomic E-state index is 5.28. The van der Waals surface area contributed by atoms with Crippen LogP contribution in [0.5, 0.6) is 5.75 Å². The van der Waals surface area contributed by atoms with Gasteiger partial charge in [0.2, 0.25) is 0 Å². The Kier molecular flexibility index (Phi) is 3.25. The zero-order valence-electron chi connectivity index (χ0n) is 11.4. The summed E-state index contributed by atoms with van der Waals surface area (Å²) in [5.41, 5.74) is 0. The molecule has 100 valence electrons. The summed E-state index contributed by atoms with van der Waals surface area (Å²) in [4.78, 5) is 6.93. The molecular formula is C15H19N3O. The monoisotopic (exact) mass is 257 g/mol. The van der Waals surface area contributed by atoms with Crippen molar-refractivity contribution in [3.05, 3.63) is 30.5 Å². The first-order valence-corrected chi connectivity index (χ1v) is 6.69. The molecule has 2 aromatic rings. The van der Waals surface area contributed by atoms with Gasteiger partial charge in [-0.15, -0.1) is 0 Å². The van der Waals surface area contributed by atoms with Crippen LogP contribution in [0.1, 0.15) is 6.92 Å². The molecule has 1 aromatic heterocycles. The Labute approximate surface area is 113 Å². The number of hydrogen-bond donors (Lipinski definition) is 1. The van der Waals surface area contributed by atoms with Crippen molar-refractivity contribution < 1.29 is 4.74 Å². The van der Waals surface area contributed by atoms with Gasteiger partial charge < -0.3 is 15.0 Å². The van der Waals surface area contributed by atoms with E-state index in [1.807, 2.05) is 18.3 Å². The maximum atomic E-state index is 5.28. The third-order valence-electron chi connectivity index (χ3n) is 3.62. The fourth-order valence-electron chi connectivity index (χ4n) is 2.64. The number of hydrogen-bond acceptors (Lipinski definition) is 4. The molecule has 1 saturated heterocycles. The molecule has 0 saturated carbocycles. The highest BCUT2D eigenvalue weighted by molar-refractivity contribution is 5.93. The van der Waals surface area contributed by atoms with E-state index in [0.717, 1.165) is 31.2 Å². The lowest BCUT2D eigenvalue weighted by molar-refractivity contribution is 0.415. The number of nitrogens with one attached hydrogen (secondary N) is 1. The Balaban J connectivity index is 2.03. The lowest BCUT2D eigenvalue weighted by Crippen LogP contribution is -2.49. The molecule has 2 heterocycles. The van der Waals surface area contributed by atoms with Gasteiger partial charge in [0.15, 0.2) is 0 Å². The van der Waals surface area contributed by atoms with Gasteiger partial charge in [-0.1, -0.05) is 0 Å². The summed E-state index contributed by atoms with van der Waals surface area (Å²) >= 11 is 0. The van der Waals surface area contributed by atoms with E-state index in [2.05, 4.69) is 34.3 Å². The van der Waals surface area contributed by atoms with Gasteiger partial charge in [0, 0.05) is 37.3 Å². The Morgan fingerprint density at radius 2 is 2.26 bits per heavy atom. The molecule has 0 radical (unpaired) electrons. The van der Waals surface area contributed by atoms with Crippen LogP contribution >= 0.6 is 0 Å². The van der Waals surface area contributed by atoms with Crippen LogP contribution in [0.3, 0.4) is 0 Å². The van der Waals surface area contributed by atoms with E-state index < -0.39 is 0 Å². The average Bonchev–Trinajstić information content (AvgIpc) is 2.46. The Morgan fingerprint density at radius 1 is 1.37 bits per heavy atom. The summed E-state index contributed by atoms with van der Waals surface area (Å²) in [6.07, 6.45) is 1.88. The van der Waals surface area contributed by atoms with E-state index in [9.17, 15) is 0 Å². The Bertz CT molecular complexity index is 585. The molecule has 1 fully saturated rings. The first-order chi connectivity index (χ1) is 9.28. The Hall–Kier alpha value is -1.81. The molecule has 1 atom stereocenters. The summed E-state index contributed by atoms with van der Waals surface area (Å²) < 4.78 is 5.28. The molecule has 0 bridgehead atoms. The molecule has 1 N–H and O–H groups in total. The molecule has 4 nitrogen and oxygen atoms in total. The minimum Gasteiger partial charge on any atom is -0.497 e. The van der Waals surface area contributed by atoms with Crippen LogP contribution in [0.4, 0.5) is 5.82 Å². The first-order valence-electron chi connectivity index (χ1n) is 6.69. The zero-order valence-corrected chi connectivity index (χ0v) is 11.4. The van der Waals surface area contributed by atoms with Gasteiger partial charge in [0.05, 0.1) is 7.11 Å². The summed E-state index contributed by atoms with van der Waals surface area (Å²) in [5, 5.41) is 5.83. The number of methoxy groups -OCH3 is 1. The number of nitrogens with zero attached hydrogens (tertiary/aromatic N) is 2. The normalized spacial score (nSPS) is 19.7. The van der Waals surface area contributed by atoms with Crippen molar-refractivity contribution in [2.24, 2.45) is 0 Å². The van der Waals surface area contributed by atoms with Crippen LogP contribution in [0.2, 0.25) is 0 Å². The summed E-state index contributed by atoms with van der Waals surface area (Å²) in [6, 6.07) is 8.70. The number of aromatic nitrogens is 1. The van der Waals surface area contributed by atoms with Crippen molar-refractivity contribution >= 4 is 16.6 Å². The largest absolute Gasteiger partial charge is 0.497 e. The SMILES string of the molecule is COc1ccc2c(N3CCN[C@H](C)C3)nccc2c1. The second-order valence-corrected chi connectivity index (χ2v) is 5.02. The maximum Gasteiger partial charge on any atom is 0.136 e. The van der Waals surface area contributed by atoms with Gasteiger partial charge in [-0.2, -0.15) is 0 Å². The molecule has 0 spiro atoms. The van der Waals surface area contributed by atoms with Gasteiger partial charge in [0.1, 0.15) is 11.6 Å². The van der Waals surface area contributed by atoms with Crippen molar-refractivity contribution in [1.29, 1.82) is 0 Å². The topological polar surface area (TPSA) is 37.4 Å². The quantitative estimate of drug-likeness (QED) is 0.893. The number of pyridine rings is 1. The number of anilines is 1. The molecule has 1 aliphatic rings. The smallest absolute Gasteiger partial charge is 0.136 e. The van der Waals surface area contributed by atoms with E-state index in [4.69, 9.17) is 4.74 Å². The van der Waals surface area contributed by atoms with Gasteiger partial charge in [-0.05, 0) is 36.6 Å². The number of rotatable bonds is 2. The molecule has 3 rings (SSSR count).